The summed E-state index contributed by atoms with van der Waals surface area (Å²) in [7, 11) is 0. The quantitative estimate of drug-likeness (QED) is 0.628. The van der Waals surface area contributed by atoms with E-state index in [-0.39, 0.29) is 11.8 Å². The molecular formula is C10H6INO2. The SMILES string of the molecule is O=C1C=C(c2ccc(I)cc2)C(=O)N1. The summed E-state index contributed by atoms with van der Waals surface area (Å²) in [5.74, 6) is -0.667. The molecule has 0 radical (unpaired) electrons. The molecule has 14 heavy (non-hydrogen) atoms. The van der Waals surface area contributed by atoms with Crippen LogP contribution >= 0.6 is 22.6 Å². The summed E-state index contributed by atoms with van der Waals surface area (Å²) in [5, 5.41) is 2.21. The fourth-order valence-electron chi connectivity index (χ4n) is 1.26. The van der Waals surface area contributed by atoms with Crippen molar-refractivity contribution < 1.29 is 9.59 Å². The van der Waals surface area contributed by atoms with Gasteiger partial charge in [-0.05, 0) is 40.3 Å². The molecule has 1 aromatic rings. The van der Waals surface area contributed by atoms with E-state index < -0.39 is 0 Å². The number of benzene rings is 1. The molecule has 0 fully saturated rings. The van der Waals surface area contributed by atoms with E-state index in [0.29, 0.717) is 5.57 Å². The molecular weight excluding hydrogens is 293 g/mol. The molecule has 0 saturated heterocycles. The molecule has 1 aromatic carbocycles. The van der Waals surface area contributed by atoms with Crippen LogP contribution in [-0.2, 0) is 9.59 Å². The summed E-state index contributed by atoms with van der Waals surface area (Å²) < 4.78 is 1.09. The fourth-order valence-corrected chi connectivity index (χ4v) is 1.62. The van der Waals surface area contributed by atoms with Crippen molar-refractivity contribution in [3.8, 4) is 0 Å². The second-order valence-electron chi connectivity index (χ2n) is 2.88. The van der Waals surface area contributed by atoms with Crippen LogP contribution in [0.15, 0.2) is 30.3 Å². The monoisotopic (exact) mass is 299 g/mol. The average Bonchev–Trinajstić information content (AvgIpc) is 2.47. The Morgan fingerprint density at radius 1 is 1.07 bits per heavy atom. The van der Waals surface area contributed by atoms with Gasteiger partial charge in [0.2, 0.25) is 0 Å². The highest BCUT2D eigenvalue weighted by atomic mass is 127. The second kappa shape index (κ2) is 3.53. The molecule has 70 valence electrons. The zero-order valence-corrected chi connectivity index (χ0v) is 9.24. The van der Waals surface area contributed by atoms with Crippen LogP contribution in [0.4, 0.5) is 0 Å². The number of carbonyl (C=O) groups is 2. The Hall–Kier alpha value is -1.17. The maximum Gasteiger partial charge on any atom is 0.258 e. The molecule has 0 bridgehead atoms. The minimum atomic E-state index is -0.344. The third kappa shape index (κ3) is 1.70. The lowest BCUT2D eigenvalue weighted by Gasteiger charge is -1.99. The molecule has 0 saturated carbocycles. The Morgan fingerprint density at radius 2 is 1.71 bits per heavy atom. The van der Waals surface area contributed by atoms with Gasteiger partial charge in [-0.15, -0.1) is 0 Å². The molecule has 2 rings (SSSR count). The first-order chi connectivity index (χ1) is 6.66. The molecule has 3 nitrogen and oxygen atoms in total. The maximum atomic E-state index is 11.3. The summed E-state index contributed by atoms with van der Waals surface area (Å²) in [6.45, 7) is 0. The van der Waals surface area contributed by atoms with Crippen LogP contribution in [0.25, 0.3) is 5.57 Å². The summed E-state index contributed by atoms with van der Waals surface area (Å²) in [5.41, 5.74) is 1.21. The van der Waals surface area contributed by atoms with Gasteiger partial charge in [-0.1, -0.05) is 12.1 Å². The van der Waals surface area contributed by atoms with Crippen molar-refractivity contribution in [2.24, 2.45) is 0 Å². The van der Waals surface area contributed by atoms with E-state index in [1.807, 2.05) is 24.3 Å². The van der Waals surface area contributed by atoms with Crippen molar-refractivity contribution in [1.29, 1.82) is 0 Å². The zero-order valence-electron chi connectivity index (χ0n) is 7.08. The van der Waals surface area contributed by atoms with Crippen molar-refractivity contribution in [2.75, 3.05) is 0 Å². The van der Waals surface area contributed by atoms with Crippen LogP contribution in [0, 0.1) is 3.57 Å². The zero-order chi connectivity index (χ0) is 10.1. The largest absolute Gasteiger partial charge is 0.289 e. The van der Waals surface area contributed by atoms with Gasteiger partial charge < -0.3 is 0 Å². The number of carbonyl (C=O) groups excluding carboxylic acids is 2. The van der Waals surface area contributed by atoms with Crippen LogP contribution in [0.2, 0.25) is 0 Å². The van der Waals surface area contributed by atoms with E-state index in [1.165, 1.54) is 6.08 Å². The molecule has 1 aliphatic heterocycles. The summed E-state index contributed by atoms with van der Waals surface area (Å²) in [6, 6.07) is 7.44. The van der Waals surface area contributed by atoms with E-state index in [2.05, 4.69) is 27.9 Å². The number of nitrogens with one attached hydrogen (secondary N) is 1. The molecule has 0 unspecified atom stereocenters. The molecule has 2 amide bonds. The minimum Gasteiger partial charge on any atom is -0.289 e. The van der Waals surface area contributed by atoms with Crippen LogP contribution in [-0.4, -0.2) is 11.8 Å². The van der Waals surface area contributed by atoms with Gasteiger partial charge in [0.1, 0.15) is 0 Å². The van der Waals surface area contributed by atoms with Gasteiger partial charge in [-0.25, -0.2) is 0 Å². The highest BCUT2D eigenvalue weighted by Gasteiger charge is 2.21. The van der Waals surface area contributed by atoms with Crippen molar-refractivity contribution in [3.05, 3.63) is 39.5 Å². The highest BCUT2D eigenvalue weighted by molar-refractivity contribution is 14.1. The van der Waals surface area contributed by atoms with E-state index in [9.17, 15) is 9.59 Å². The minimum absolute atomic E-state index is 0.323. The molecule has 0 atom stereocenters. The number of rotatable bonds is 1. The van der Waals surface area contributed by atoms with E-state index >= 15 is 0 Å². The maximum absolute atomic E-state index is 11.3. The number of halogens is 1. The molecule has 4 heteroatoms. The van der Waals surface area contributed by atoms with Crippen LogP contribution in [0.3, 0.4) is 0 Å². The number of hydrogen-bond acceptors (Lipinski definition) is 2. The van der Waals surface area contributed by atoms with Gasteiger partial charge in [0.05, 0.1) is 5.57 Å². The summed E-state index contributed by atoms with van der Waals surface area (Å²) in [4.78, 5) is 22.2. The molecule has 0 aromatic heterocycles. The Labute approximate surface area is 94.3 Å². The van der Waals surface area contributed by atoms with Crippen molar-refractivity contribution in [3.63, 3.8) is 0 Å². The first-order valence-corrected chi connectivity index (χ1v) is 5.07. The van der Waals surface area contributed by atoms with E-state index in [1.54, 1.807) is 0 Å². The van der Waals surface area contributed by atoms with Crippen molar-refractivity contribution in [1.82, 2.24) is 5.32 Å². The van der Waals surface area contributed by atoms with Crippen molar-refractivity contribution in [2.45, 2.75) is 0 Å². The van der Waals surface area contributed by atoms with Gasteiger partial charge in [-0.2, -0.15) is 0 Å². The van der Waals surface area contributed by atoms with Gasteiger partial charge in [0.25, 0.3) is 11.8 Å². The molecule has 1 heterocycles. The third-order valence-corrected chi connectivity index (χ3v) is 2.63. The fraction of sp³-hybridized carbons (Fsp3) is 0. The smallest absolute Gasteiger partial charge is 0.258 e. The summed E-state index contributed by atoms with van der Waals surface area (Å²) in [6.07, 6.45) is 1.32. The van der Waals surface area contributed by atoms with Crippen LogP contribution in [0.1, 0.15) is 5.56 Å². The Kier molecular flexibility index (Phi) is 2.37. The number of imide groups is 1. The van der Waals surface area contributed by atoms with E-state index in [4.69, 9.17) is 0 Å². The van der Waals surface area contributed by atoms with Crippen LogP contribution < -0.4 is 5.32 Å². The lowest BCUT2D eigenvalue weighted by Crippen LogP contribution is -2.21. The average molecular weight is 299 g/mol. The van der Waals surface area contributed by atoms with Gasteiger partial charge >= 0.3 is 0 Å². The highest BCUT2D eigenvalue weighted by Crippen LogP contribution is 2.18. The van der Waals surface area contributed by atoms with Gasteiger partial charge in [0.15, 0.2) is 0 Å². The molecule has 0 aliphatic carbocycles. The lowest BCUT2D eigenvalue weighted by atomic mass is 10.1. The normalized spacial score (nSPS) is 15.4. The predicted octanol–water partition coefficient (Wildman–Crippen LogP) is 1.33. The first kappa shape index (κ1) is 9.39. The summed E-state index contributed by atoms with van der Waals surface area (Å²) >= 11 is 2.18. The van der Waals surface area contributed by atoms with Crippen molar-refractivity contribution >= 4 is 40.0 Å². The lowest BCUT2D eigenvalue weighted by molar-refractivity contribution is -0.123. The van der Waals surface area contributed by atoms with Gasteiger partial charge in [-0.3, -0.25) is 14.9 Å². The standard InChI is InChI=1S/C10H6INO2/c11-7-3-1-6(2-4-7)8-5-9(13)12-10(8)14/h1-5H,(H,12,13,14). The second-order valence-corrected chi connectivity index (χ2v) is 4.13. The first-order valence-electron chi connectivity index (χ1n) is 4.00. The number of hydrogen-bond donors (Lipinski definition) is 1. The third-order valence-electron chi connectivity index (χ3n) is 1.91. The molecule has 1 aliphatic rings. The molecule has 0 spiro atoms. The van der Waals surface area contributed by atoms with E-state index in [0.717, 1.165) is 9.13 Å². The Bertz CT molecular complexity index is 434. The predicted molar refractivity (Wildman–Crippen MR) is 60.3 cm³/mol. The Morgan fingerprint density at radius 3 is 2.21 bits per heavy atom. The Balaban J connectivity index is 2.41. The molecule has 1 N–H and O–H groups in total. The number of amides is 2. The van der Waals surface area contributed by atoms with Crippen LogP contribution in [0.5, 0.6) is 0 Å². The van der Waals surface area contributed by atoms with Gasteiger partial charge in [0, 0.05) is 9.65 Å². The topological polar surface area (TPSA) is 46.2 Å².